The van der Waals surface area contributed by atoms with Crippen LogP contribution in [0.1, 0.15) is 26.2 Å². The number of hydrogen-bond acceptors (Lipinski definition) is 3. The molecule has 0 aliphatic rings. The van der Waals surface area contributed by atoms with Gasteiger partial charge in [0.25, 0.3) is 0 Å². The zero-order valence-corrected chi connectivity index (χ0v) is 15.9. The molecule has 1 amide bonds. The summed E-state index contributed by atoms with van der Waals surface area (Å²) in [5, 5.41) is 8.67. The molecular formula is C24H23N3O. The number of aromatic nitrogens is 1. The Balaban J connectivity index is 1.63. The van der Waals surface area contributed by atoms with Gasteiger partial charge in [-0.05, 0) is 42.8 Å². The van der Waals surface area contributed by atoms with Crippen molar-refractivity contribution in [2.75, 3.05) is 10.6 Å². The molecule has 4 aromatic rings. The van der Waals surface area contributed by atoms with Crippen LogP contribution in [0, 0.1) is 0 Å². The van der Waals surface area contributed by atoms with Crippen molar-refractivity contribution in [1.82, 2.24) is 4.98 Å². The Bertz CT molecular complexity index is 1070. The lowest BCUT2D eigenvalue weighted by molar-refractivity contribution is -0.116. The van der Waals surface area contributed by atoms with E-state index in [1.807, 2.05) is 60.7 Å². The van der Waals surface area contributed by atoms with Gasteiger partial charge in [-0.15, -0.1) is 0 Å². The number of para-hydroxylation sites is 2. The molecule has 0 spiro atoms. The maximum Gasteiger partial charge on any atom is 0.224 e. The number of benzene rings is 3. The van der Waals surface area contributed by atoms with Crippen LogP contribution in [0.5, 0.6) is 0 Å². The first kappa shape index (κ1) is 18.0. The summed E-state index contributed by atoms with van der Waals surface area (Å²) in [6.07, 6.45) is 2.49. The summed E-state index contributed by atoms with van der Waals surface area (Å²) in [7, 11) is 0. The molecule has 3 aromatic carbocycles. The van der Waals surface area contributed by atoms with Crippen molar-refractivity contribution < 1.29 is 4.79 Å². The van der Waals surface area contributed by atoms with Crippen molar-refractivity contribution in [1.29, 1.82) is 0 Å². The van der Waals surface area contributed by atoms with E-state index in [0.29, 0.717) is 6.42 Å². The summed E-state index contributed by atoms with van der Waals surface area (Å²) in [5.74, 6) is 0.0636. The Kier molecular flexibility index (Phi) is 5.20. The molecule has 0 aliphatic heterocycles. The van der Waals surface area contributed by atoms with Gasteiger partial charge < -0.3 is 10.6 Å². The van der Waals surface area contributed by atoms with E-state index in [1.165, 1.54) is 0 Å². The standard InChI is InChI=1S/C24H23N3O/c1-2-3-12-23(28)25-17-13-15-18(16-14-17)26-24-19-8-4-6-10-21(19)27-22-11-7-5-9-20(22)24/h4-11,13-16H,2-3,12H2,1H3,(H,25,28)(H,26,27). The molecule has 140 valence electrons. The number of carbonyl (C=O) groups is 1. The first-order valence-electron chi connectivity index (χ1n) is 9.69. The molecule has 0 bridgehead atoms. The van der Waals surface area contributed by atoms with Gasteiger partial charge in [0.05, 0.1) is 16.7 Å². The molecule has 4 heteroatoms. The fraction of sp³-hybridized carbons (Fsp3) is 0.167. The van der Waals surface area contributed by atoms with E-state index in [4.69, 9.17) is 4.98 Å². The fourth-order valence-corrected chi connectivity index (χ4v) is 3.32. The second-order valence-corrected chi connectivity index (χ2v) is 6.88. The molecule has 0 atom stereocenters. The van der Waals surface area contributed by atoms with Crippen molar-refractivity contribution in [3.8, 4) is 0 Å². The number of amides is 1. The first-order valence-corrected chi connectivity index (χ1v) is 9.69. The topological polar surface area (TPSA) is 54.0 Å². The van der Waals surface area contributed by atoms with Crippen LogP contribution in [-0.2, 0) is 4.79 Å². The molecule has 0 fully saturated rings. The van der Waals surface area contributed by atoms with Crippen molar-refractivity contribution >= 4 is 44.8 Å². The molecule has 1 aromatic heterocycles. The van der Waals surface area contributed by atoms with Gasteiger partial charge >= 0.3 is 0 Å². The Morgan fingerprint density at radius 1 is 0.821 bits per heavy atom. The summed E-state index contributed by atoms with van der Waals surface area (Å²) in [6, 6.07) is 24.1. The fourth-order valence-electron chi connectivity index (χ4n) is 3.32. The smallest absolute Gasteiger partial charge is 0.224 e. The lowest BCUT2D eigenvalue weighted by Gasteiger charge is -2.14. The average molecular weight is 369 g/mol. The van der Waals surface area contributed by atoms with Crippen LogP contribution in [-0.4, -0.2) is 10.9 Å². The monoisotopic (exact) mass is 369 g/mol. The third-order valence-corrected chi connectivity index (χ3v) is 4.78. The van der Waals surface area contributed by atoms with Crippen molar-refractivity contribution in [2.45, 2.75) is 26.2 Å². The van der Waals surface area contributed by atoms with E-state index in [0.717, 1.165) is 51.7 Å². The number of nitrogens with zero attached hydrogens (tertiary/aromatic N) is 1. The maximum absolute atomic E-state index is 11.9. The molecule has 0 unspecified atom stereocenters. The highest BCUT2D eigenvalue weighted by atomic mass is 16.1. The van der Waals surface area contributed by atoms with Crippen LogP contribution in [0.25, 0.3) is 21.8 Å². The first-order chi connectivity index (χ1) is 13.7. The maximum atomic E-state index is 11.9. The molecule has 0 saturated carbocycles. The van der Waals surface area contributed by atoms with Gasteiger partial charge in [0.15, 0.2) is 0 Å². The van der Waals surface area contributed by atoms with Crippen LogP contribution in [0.3, 0.4) is 0 Å². The highest BCUT2D eigenvalue weighted by molar-refractivity contribution is 6.08. The zero-order chi connectivity index (χ0) is 19.3. The molecule has 28 heavy (non-hydrogen) atoms. The van der Waals surface area contributed by atoms with Gasteiger partial charge in [0.2, 0.25) is 5.91 Å². The minimum atomic E-state index is 0.0636. The van der Waals surface area contributed by atoms with Gasteiger partial charge in [-0.1, -0.05) is 49.7 Å². The summed E-state index contributed by atoms with van der Waals surface area (Å²) in [6.45, 7) is 2.08. The molecule has 0 saturated heterocycles. The van der Waals surface area contributed by atoms with E-state index < -0.39 is 0 Å². The quantitative estimate of drug-likeness (QED) is 0.394. The van der Waals surface area contributed by atoms with Crippen molar-refractivity contribution in [2.24, 2.45) is 0 Å². The van der Waals surface area contributed by atoms with E-state index >= 15 is 0 Å². The third-order valence-electron chi connectivity index (χ3n) is 4.78. The van der Waals surface area contributed by atoms with Gasteiger partial charge in [0.1, 0.15) is 0 Å². The lowest BCUT2D eigenvalue weighted by Crippen LogP contribution is -2.10. The van der Waals surface area contributed by atoms with Gasteiger partial charge in [-0.2, -0.15) is 0 Å². The largest absolute Gasteiger partial charge is 0.354 e. The second-order valence-electron chi connectivity index (χ2n) is 6.88. The predicted molar refractivity (Wildman–Crippen MR) is 117 cm³/mol. The highest BCUT2D eigenvalue weighted by Crippen LogP contribution is 2.33. The number of pyridine rings is 1. The second kappa shape index (κ2) is 8.09. The summed E-state index contributed by atoms with van der Waals surface area (Å²) < 4.78 is 0. The normalized spacial score (nSPS) is 10.9. The zero-order valence-electron chi connectivity index (χ0n) is 15.9. The Hall–Kier alpha value is -3.40. The molecular weight excluding hydrogens is 346 g/mol. The number of nitrogens with one attached hydrogen (secondary N) is 2. The minimum absolute atomic E-state index is 0.0636. The average Bonchev–Trinajstić information content (AvgIpc) is 2.73. The number of hydrogen-bond donors (Lipinski definition) is 2. The van der Waals surface area contributed by atoms with E-state index in [9.17, 15) is 4.79 Å². The molecule has 0 radical (unpaired) electrons. The number of anilines is 3. The minimum Gasteiger partial charge on any atom is -0.354 e. The van der Waals surface area contributed by atoms with Crippen molar-refractivity contribution in [3.05, 3.63) is 72.8 Å². The van der Waals surface area contributed by atoms with Gasteiger partial charge in [-0.25, -0.2) is 4.98 Å². The highest BCUT2D eigenvalue weighted by Gasteiger charge is 2.09. The van der Waals surface area contributed by atoms with Crippen LogP contribution < -0.4 is 10.6 Å². The number of carbonyl (C=O) groups excluding carboxylic acids is 1. The predicted octanol–water partition coefficient (Wildman–Crippen LogP) is 6.26. The van der Waals surface area contributed by atoms with Gasteiger partial charge in [0, 0.05) is 28.6 Å². The number of fused-ring (bicyclic) bond motifs is 2. The van der Waals surface area contributed by atoms with Crippen LogP contribution in [0.15, 0.2) is 72.8 Å². The molecule has 1 heterocycles. The molecule has 0 aliphatic carbocycles. The lowest BCUT2D eigenvalue weighted by atomic mass is 10.1. The van der Waals surface area contributed by atoms with E-state index in [-0.39, 0.29) is 5.91 Å². The van der Waals surface area contributed by atoms with Crippen LogP contribution >= 0.6 is 0 Å². The SMILES string of the molecule is CCCCC(=O)Nc1ccc(Nc2c3ccccc3nc3ccccc23)cc1. The molecule has 4 rings (SSSR count). The van der Waals surface area contributed by atoms with E-state index in [1.54, 1.807) is 0 Å². The molecule has 2 N–H and O–H groups in total. The Morgan fingerprint density at radius 3 is 2.00 bits per heavy atom. The van der Waals surface area contributed by atoms with Crippen LogP contribution in [0.4, 0.5) is 17.1 Å². The number of unbranched alkanes of at least 4 members (excludes halogenated alkanes) is 1. The van der Waals surface area contributed by atoms with E-state index in [2.05, 4.69) is 29.7 Å². The Morgan fingerprint density at radius 2 is 1.39 bits per heavy atom. The van der Waals surface area contributed by atoms with Crippen LogP contribution in [0.2, 0.25) is 0 Å². The molecule has 4 nitrogen and oxygen atoms in total. The Labute approximate surface area is 164 Å². The number of rotatable bonds is 6. The van der Waals surface area contributed by atoms with Gasteiger partial charge in [-0.3, -0.25) is 4.79 Å². The third kappa shape index (κ3) is 3.81. The summed E-state index contributed by atoms with van der Waals surface area (Å²) >= 11 is 0. The van der Waals surface area contributed by atoms with Crippen molar-refractivity contribution in [3.63, 3.8) is 0 Å². The summed E-state index contributed by atoms with van der Waals surface area (Å²) in [5.41, 5.74) is 4.75. The summed E-state index contributed by atoms with van der Waals surface area (Å²) in [4.78, 5) is 16.7.